The normalized spacial score (nSPS) is 14.1. The van der Waals surface area contributed by atoms with E-state index < -0.39 is 5.97 Å². The van der Waals surface area contributed by atoms with Gasteiger partial charge in [0.05, 0.1) is 18.8 Å². The molecule has 0 atom stereocenters. The van der Waals surface area contributed by atoms with E-state index in [0.29, 0.717) is 22.8 Å². The van der Waals surface area contributed by atoms with E-state index in [1.54, 1.807) is 45.2 Å². The molecule has 3 rings (SSSR count). The second kappa shape index (κ2) is 7.95. The van der Waals surface area contributed by atoms with Crippen LogP contribution >= 0.6 is 0 Å². The molecule has 1 aliphatic rings. The van der Waals surface area contributed by atoms with Crippen LogP contribution in [0, 0.1) is 0 Å². The zero-order valence-electron chi connectivity index (χ0n) is 15.4. The molecule has 0 saturated carbocycles. The molecule has 0 aliphatic carbocycles. The molecule has 27 heavy (non-hydrogen) atoms. The molecule has 0 unspecified atom stereocenters. The van der Waals surface area contributed by atoms with E-state index in [-0.39, 0.29) is 24.3 Å². The Kier molecular flexibility index (Phi) is 5.45. The van der Waals surface area contributed by atoms with Crippen LogP contribution in [0.25, 0.3) is 6.08 Å². The van der Waals surface area contributed by atoms with E-state index >= 15 is 0 Å². The molecule has 1 aliphatic heterocycles. The predicted octanol–water partition coefficient (Wildman–Crippen LogP) is 3.64. The van der Waals surface area contributed by atoms with Gasteiger partial charge in [0, 0.05) is 6.07 Å². The van der Waals surface area contributed by atoms with Crippen LogP contribution in [-0.2, 0) is 9.53 Å². The first-order chi connectivity index (χ1) is 13.0. The number of ether oxygens (including phenoxy) is 4. The van der Waals surface area contributed by atoms with Crippen molar-refractivity contribution < 1.29 is 28.5 Å². The standard InChI is InChI=1S/C21H20O6/c1-13(2)26-20(22)12-25-16-7-8-17-18(11-16)27-19(21(17)23)10-14-5-4-6-15(9-14)24-3/h4-11,13H,12H2,1-3H3/b19-10-. The number of ketones is 1. The Morgan fingerprint density at radius 3 is 2.70 bits per heavy atom. The number of esters is 1. The number of carbonyl (C=O) groups excluding carboxylic acids is 2. The SMILES string of the molecule is COc1cccc(/C=C2\Oc3cc(OCC(=O)OC(C)C)ccc3C2=O)c1. The number of allylic oxidation sites excluding steroid dienone is 1. The van der Waals surface area contributed by atoms with Gasteiger partial charge in [-0.15, -0.1) is 0 Å². The van der Waals surface area contributed by atoms with Crippen molar-refractivity contribution in [2.24, 2.45) is 0 Å². The highest BCUT2D eigenvalue weighted by Gasteiger charge is 2.27. The summed E-state index contributed by atoms with van der Waals surface area (Å²) in [5.74, 6) is 1.05. The molecule has 0 radical (unpaired) electrons. The summed E-state index contributed by atoms with van der Waals surface area (Å²) < 4.78 is 21.3. The third-order valence-corrected chi connectivity index (χ3v) is 3.76. The molecule has 1 heterocycles. The van der Waals surface area contributed by atoms with Gasteiger partial charge in [-0.05, 0) is 49.8 Å². The molecule has 0 spiro atoms. The summed E-state index contributed by atoms with van der Waals surface area (Å²) in [6, 6.07) is 12.1. The number of benzene rings is 2. The second-order valence-electron chi connectivity index (χ2n) is 6.20. The van der Waals surface area contributed by atoms with Crippen molar-refractivity contribution in [3.8, 4) is 17.2 Å². The van der Waals surface area contributed by atoms with E-state index in [9.17, 15) is 9.59 Å². The van der Waals surface area contributed by atoms with Crippen LogP contribution in [0.3, 0.4) is 0 Å². The topological polar surface area (TPSA) is 71.1 Å². The lowest BCUT2D eigenvalue weighted by Gasteiger charge is -2.09. The van der Waals surface area contributed by atoms with Crippen LogP contribution < -0.4 is 14.2 Å². The van der Waals surface area contributed by atoms with Gasteiger partial charge in [-0.1, -0.05) is 12.1 Å². The lowest BCUT2D eigenvalue weighted by atomic mass is 10.1. The number of hydrogen-bond acceptors (Lipinski definition) is 6. The van der Waals surface area contributed by atoms with E-state index in [2.05, 4.69) is 0 Å². The fraction of sp³-hybridized carbons (Fsp3) is 0.238. The van der Waals surface area contributed by atoms with Crippen molar-refractivity contribution in [2.45, 2.75) is 20.0 Å². The fourth-order valence-corrected chi connectivity index (χ4v) is 2.58. The van der Waals surface area contributed by atoms with Gasteiger partial charge in [0.2, 0.25) is 5.78 Å². The number of rotatable bonds is 6. The minimum absolute atomic E-state index is 0.202. The summed E-state index contributed by atoms with van der Waals surface area (Å²) in [7, 11) is 1.58. The van der Waals surface area contributed by atoms with Gasteiger partial charge in [-0.3, -0.25) is 4.79 Å². The van der Waals surface area contributed by atoms with Crippen molar-refractivity contribution in [1.29, 1.82) is 0 Å². The molecule has 2 aromatic carbocycles. The maximum Gasteiger partial charge on any atom is 0.344 e. The van der Waals surface area contributed by atoms with Gasteiger partial charge >= 0.3 is 5.97 Å². The molecule has 2 aromatic rings. The highest BCUT2D eigenvalue weighted by molar-refractivity contribution is 6.14. The van der Waals surface area contributed by atoms with Gasteiger partial charge < -0.3 is 18.9 Å². The minimum Gasteiger partial charge on any atom is -0.497 e. The molecule has 0 saturated heterocycles. The van der Waals surface area contributed by atoms with Gasteiger partial charge in [-0.2, -0.15) is 0 Å². The molecule has 6 nitrogen and oxygen atoms in total. The van der Waals surface area contributed by atoms with Crippen LogP contribution in [-0.4, -0.2) is 31.6 Å². The summed E-state index contributed by atoms with van der Waals surface area (Å²) >= 11 is 0. The highest BCUT2D eigenvalue weighted by atomic mass is 16.6. The number of Topliss-reactive ketones (excluding diaryl/α,β-unsaturated/α-hetero) is 1. The molecule has 0 aromatic heterocycles. The van der Waals surface area contributed by atoms with Crippen molar-refractivity contribution in [3.63, 3.8) is 0 Å². The fourth-order valence-electron chi connectivity index (χ4n) is 2.58. The summed E-state index contributed by atoms with van der Waals surface area (Å²) in [4.78, 5) is 24.1. The van der Waals surface area contributed by atoms with Crippen LogP contribution in [0.2, 0.25) is 0 Å². The smallest absolute Gasteiger partial charge is 0.344 e. The Labute approximate surface area is 157 Å². The van der Waals surface area contributed by atoms with Crippen LogP contribution in [0.4, 0.5) is 0 Å². The second-order valence-corrected chi connectivity index (χ2v) is 6.20. The first kappa shape index (κ1) is 18.5. The minimum atomic E-state index is -0.457. The average Bonchev–Trinajstić information content (AvgIpc) is 2.94. The highest BCUT2D eigenvalue weighted by Crippen LogP contribution is 2.35. The Morgan fingerprint density at radius 1 is 1.15 bits per heavy atom. The van der Waals surface area contributed by atoms with E-state index in [4.69, 9.17) is 18.9 Å². The van der Waals surface area contributed by atoms with E-state index in [1.165, 1.54) is 0 Å². The summed E-state index contributed by atoms with van der Waals surface area (Å²) in [5, 5.41) is 0. The summed E-state index contributed by atoms with van der Waals surface area (Å²) in [6.45, 7) is 3.32. The third-order valence-electron chi connectivity index (χ3n) is 3.76. The molecular formula is C21H20O6. The van der Waals surface area contributed by atoms with Gasteiger partial charge in [0.15, 0.2) is 12.4 Å². The molecular weight excluding hydrogens is 348 g/mol. The number of methoxy groups -OCH3 is 1. The Bertz CT molecular complexity index is 897. The first-order valence-corrected chi connectivity index (χ1v) is 8.51. The van der Waals surface area contributed by atoms with Crippen molar-refractivity contribution >= 4 is 17.8 Å². The van der Waals surface area contributed by atoms with Crippen molar-refractivity contribution in [1.82, 2.24) is 0 Å². The molecule has 0 N–H and O–H groups in total. The number of fused-ring (bicyclic) bond motifs is 1. The third kappa shape index (κ3) is 4.47. The lowest BCUT2D eigenvalue weighted by Crippen LogP contribution is -2.18. The molecule has 0 amide bonds. The monoisotopic (exact) mass is 368 g/mol. The Hall–Kier alpha value is -3.28. The quantitative estimate of drug-likeness (QED) is 0.573. The maximum atomic E-state index is 12.5. The van der Waals surface area contributed by atoms with E-state index in [1.807, 2.05) is 24.3 Å². The maximum absolute atomic E-state index is 12.5. The molecule has 6 heteroatoms. The summed E-state index contributed by atoms with van der Waals surface area (Å²) in [6.07, 6.45) is 1.46. The predicted molar refractivity (Wildman–Crippen MR) is 99.1 cm³/mol. The van der Waals surface area contributed by atoms with Crippen LogP contribution in [0.1, 0.15) is 29.8 Å². The van der Waals surface area contributed by atoms with Crippen LogP contribution in [0.15, 0.2) is 48.2 Å². The van der Waals surface area contributed by atoms with Gasteiger partial charge in [0.25, 0.3) is 0 Å². The number of hydrogen-bond donors (Lipinski definition) is 0. The Morgan fingerprint density at radius 2 is 1.96 bits per heavy atom. The van der Waals surface area contributed by atoms with Gasteiger partial charge in [-0.25, -0.2) is 4.79 Å². The zero-order valence-corrected chi connectivity index (χ0v) is 15.4. The van der Waals surface area contributed by atoms with Crippen LogP contribution in [0.5, 0.6) is 17.2 Å². The first-order valence-electron chi connectivity index (χ1n) is 8.51. The average molecular weight is 368 g/mol. The summed E-state index contributed by atoms with van der Waals surface area (Å²) in [5.41, 5.74) is 1.24. The number of carbonyl (C=O) groups is 2. The van der Waals surface area contributed by atoms with Crippen molar-refractivity contribution in [2.75, 3.05) is 13.7 Å². The van der Waals surface area contributed by atoms with E-state index in [0.717, 1.165) is 5.56 Å². The van der Waals surface area contributed by atoms with Gasteiger partial charge in [0.1, 0.15) is 17.2 Å². The van der Waals surface area contributed by atoms with Crippen molar-refractivity contribution in [3.05, 3.63) is 59.4 Å². The lowest BCUT2D eigenvalue weighted by molar-refractivity contribution is -0.149. The Balaban J connectivity index is 1.73. The molecule has 0 fully saturated rings. The molecule has 0 bridgehead atoms. The largest absolute Gasteiger partial charge is 0.497 e. The zero-order chi connectivity index (χ0) is 19.4. The molecule has 140 valence electrons.